The highest BCUT2D eigenvalue weighted by atomic mass is 35.5. The number of halogens is 4. The molecular formula is C28H25Cl4N3O4. The van der Waals surface area contributed by atoms with Gasteiger partial charge in [0.05, 0.1) is 16.3 Å². The minimum absolute atomic E-state index is 0.0634. The van der Waals surface area contributed by atoms with E-state index >= 15 is 0 Å². The Morgan fingerprint density at radius 1 is 0.974 bits per heavy atom. The summed E-state index contributed by atoms with van der Waals surface area (Å²) in [6.45, 7) is 3.59. The van der Waals surface area contributed by atoms with Gasteiger partial charge in [-0.25, -0.2) is 0 Å². The number of ether oxygens (including phenoxy) is 1. The van der Waals surface area contributed by atoms with Gasteiger partial charge < -0.3 is 20.3 Å². The molecule has 11 heteroatoms. The van der Waals surface area contributed by atoms with E-state index in [9.17, 15) is 14.4 Å². The monoisotopic (exact) mass is 607 g/mol. The summed E-state index contributed by atoms with van der Waals surface area (Å²) < 4.78 is 5.89. The van der Waals surface area contributed by atoms with Crippen molar-refractivity contribution in [3.63, 3.8) is 0 Å². The zero-order valence-corrected chi connectivity index (χ0v) is 24.0. The molecule has 0 spiro atoms. The van der Waals surface area contributed by atoms with E-state index in [4.69, 9.17) is 51.1 Å². The van der Waals surface area contributed by atoms with Gasteiger partial charge in [-0.2, -0.15) is 0 Å². The molecule has 0 saturated carbocycles. The molecule has 39 heavy (non-hydrogen) atoms. The van der Waals surface area contributed by atoms with Crippen molar-refractivity contribution < 1.29 is 19.1 Å². The zero-order valence-electron chi connectivity index (χ0n) is 21.0. The van der Waals surface area contributed by atoms with Crippen molar-refractivity contribution in [2.45, 2.75) is 38.4 Å². The van der Waals surface area contributed by atoms with Crippen LogP contribution in [0.5, 0.6) is 5.75 Å². The molecule has 0 fully saturated rings. The number of amides is 3. The molecule has 0 radical (unpaired) electrons. The van der Waals surface area contributed by atoms with Crippen molar-refractivity contribution in [3.05, 3.63) is 91.9 Å². The van der Waals surface area contributed by atoms with E-state index in [2.05, 4.69) is 10.6 Å². The number of carbonyl (C=O) groups excluding carboxylic acids is 3. The maximum atomic E-state index is 13.6. The number of nitrogens with zero attached hydrogens (tertiary/aromatic N) is 1. The van der Waals surface area contributed by atoms with Gasteiger partial charge in [0.25, 0.3) is 11.8 Å². The summed E-state index contributed by atoms with van der Waals surface area (Å²) >= 11 is 24.7. The van der Waals surface area contributed by atoms with Crippen LogP contribution in [0.25, 0.3) is 0 Å². The smallest absolute Gasteiger partial charge is 0.253 e. The lowest BCUT2D eigenvalue weighted by Crippen LogP contribution is -2.57. The summed E-state index contributed by atoms with van der Waals surface area (Å²) in [5, 5.41) is 6.88. The highest BCUT2D eigenvalue weighted by molar-refractivity contribution is 6.36. The molecule has 0 saturated heterocycles. The van der Waals surface area contributed by atoms with Crippen molar-refractivity contribution in [1.29, 1.82) is 0 Å². The molecule has 1 aliphatic rings. The van der Waals surface area contributed by atoms with Crippen LogP contribution in [-0.4, -0.2) is 42.5 Å². The molecule has 3 aromatic rings. The van der Waals surface area contributed by atoms with Crippen molar-refractivity contribution in [2.24, 2.45) is 0 Å². The Balaban J connectivity index is 1.61. The Kier molecular flexibility index (Phi) is 9.28. The molecule has 0 unspecified atom stereocenters. The predicted octanol–water partition coefficient (Wildman–Crippen LogP) is 5.96. The fourth-order valence-electron chi connectivity index (χ4n) is 4.24. The van der Waals surface area contributed by atoms with Crippen LogP contribution >= 0.6 is 46.4 Å². The lowest BCUT2D eigenvalue weighted by atomic mass is 10.0. The Morgan fingerprint density at radius 3 is 2.36 bits per heavy atom. The van der Waals surface area contributed by atoms with Gasteiger partial charge in [-0.3, -0.25) is 14.4 Å². The first-order chi connectivity index (χ1) is 18.5. The summed E-state index contributed by atoms with van der Waals surface area (Å²) in [6, 6.07) is 14.1. The van der Waals surface area contributed by atoms with Crippen LogP contribution in [0.2, 0.25) is 20.1 Å². The molecule has 204 valence electrons. The molecule has 0 aliphatic carbocycles. The van der Waals surface area contributed by atoms with E-state index in [1.165, 1.54) is 18.2 Å². The molecular weight excluding hydrogens is 584 g/mol. The second-order valence-corrected chi connectivity index (χ2v) is 10.9. The summed E-state index contributed by atoms with van der Waals surface area (Å²) in [4.78, 5) is 41.9. The topological polar surface area (TPSA) is 87.7 Å². The zero-order chi connectivity index (χ0) is 28.3. The van der Waals surface area contributed by atoms with Gasteiger partial charge >= 0.3 is 0 Å². The fraction of sp³-hybridized carbons (Fsp3) is 0.250. The van der Waals surface area contributed by atoms with E-state index in [1.807, 2.05) is 13.8 Å². The Morgan fingerprint density at radius 2 is 1.67 bits per heavy atom. The first-order valence-electron chi connectivity index (χ1n) is 12.1. The third-order valence-corrected chi connectivity index (χ3v) is 7.29. The molecule has 1 aliphatic heterocycles. The number of hydrogen-bond donors (Lipinski definition) is 2. The van der Waals surface area contributed by atoms with Crippen LogP contribution in [0.4, 0.5) is 5.69 Å². The van der Waals surface area contributed by atoms with Gasteiger partial charge in [0, 0.05) is 33.6 Å². The summed E-state index contributed by atoms with van der Waals surface area (Å²) in [5.41, 5.74) is 1.33. The van der Waals surface area contributed by atoms with E-state index in [-0.39, 0.29) is 35.6 Å². The number of anilines is 1. The molecule has 2 N–H and O–H groups in total. The van der Waals surface area contributed by atoms with Crippen LogP contribution < -0.4 is 20.3 Å². The number of fused-ring (bicyclic) bond motifs is 1. The lowest BCUT2D eigenvalue weighted by Gasteiger charge is -2.29. The van der Waals surface area contributed by atoms with Gasteiger partial charge in [-0.15, -0.1) is 0 Å². The van der Waals surface area contributed by atoms with Gasteiger partial charge in [-0.1, -0.05) is 64.6 Å². The highest BCUT2D eigenvalue weighted by Crippen LogP contribution is 2.35. The molecule has 2 atom stereocenters. The molecule has 7 nitrogen and oxygen atoms in total. The van der Waals surface area contributed by atoms with Crippen molar-refractivity contribution >= 4 is 69.8 Å². The molecule has 1 heterocycles. The molecule has 3 amide bonds. The third-order valence-electron chi connectivity index (χ3n) is 6.13. The van der Waals surface area contributed by atoms with Gasteiger partial charge in [0.2, 0.25) is 5.91 Å². The Bertz CT molecular complexity index is 1420. The maximum Gasteiger partial charge on any atom is 0.253 e. The minimum atomic E-state index is -1.09. The Hall–Kier alpha value is -2.97. The van der Waals surface area contributed by atoms with Crippen molar-refractivity contribution in [2.75, 3.05) is 11.5 Å². The SMILES string of the molecule is CC(C)N1C(=O)[C@H](NC(=O)[C@@H](Cc2ccccc2Cl)NC(=O)c2ccc(Cl)cc2Cl)COc2cc(Cl)ccc21. The first-order valence-corrected chi connectivity index (χ1v) is 13.6. The number of nitrogens with one attached hydrogen (secondary N) is 2. The van der Waals surface area contributed by atoms with Gasteiger partial charge in [0.15, 0.2) is 0 Å². The third kappa shape index (κ3) is 6.79. The second-order valence-electron chi connectivity index (χ2n) is 9.23. The largest absolute Gasteiger partial charge is 0.489 e. The second kappa shape index (κ2) is 12.5. The first kappa shape index (κ1) is 29.0. The average Bonchev–Trinajstić information content (AvgIpc) is 3.00. The van der Waals surface area contributed by atoms with Crippen LogP contribution in [-0.2, 0) is 16.0 Å². The van der Waals surface area contributed by atoms with Crippen LogP contribution in [0.15, 0.2) is 60.7 Å². The van der Waals surface area contributed by atoms with E-state index in [1.54, 1.807) is 47.4 Å². The van der Waals surface area contributed by atoms with E-state index in [0.29, 0.717) is 32.1 Å². The van der Waals surface area contributed by atoms with Gasteiger partial charge in [0.1, 0.15) is 24.4 Å². The minimum Gasteiger partial charge on any atom is -0.489 e. The number of hydrogen-bond acceptors (Lipinski definition) is 4. The summed E-state index contributed by atoms with van der Waals surface area (Å²) in [6.07, 6.45) is 0.0634. The molecule has 0 aromatic heterocycles. The number of rotatable bonds is 7. The summed E-state index contributed by atoms with van der Waals surface area (Å²) in [5.74, 6) is -1.11. The normalized spacial score (nSPS) is 15.7. The number of benzene rings is 3. The number of carbonyl (C=O) groups is 3. The fourth-order valence-corrected chi connectivity index (χ4v) is 5.11. The van der Waals surface area contributed by atoms with Crippen molar-refractivity contribution in [1.82, 2.24) is 10.6 Å². The van der Waals surface area contributed by atoms with Crippen LogP contribution in [0.1, 0.15) is 29.8 Å². The van der Waals surface area contributed by atoms with E-state index in [0.717, 1.165) is 0 Å². The van der Waals surface area contributed by atoms with E-state index < -0.39 is 23.9 Å². The van der Waals surface area contributed by atoms with Crippen LogP contribution in [0, 0.1) is 0 Å². The van der Waals surface area contributed by atoms with Crippen molar-refractivity contribution in [3.8, 4) is 5.75 Å². The molecule has 4 rings (SSSR count). The molecule has 3 aromatic carbocycles. The van der Waals surface area contributed by atoms with Crippen LogP contribution in [0.3, 0.4) is 0 Å². The lowest BCUT2D eigenvalue weighted by molar-refractivity contribution is -0.129. The highest BCUT2D eigenvalue weighted by Gasteiger charge is 2.36. The molecule has 0 bridgehead atoms. The summed E-state index contributed by atoms with van der Waals surface area (Å²) in [7, 11) is 0. The average molecular weight is 609 g/mol. The Labute approximate surface area is 246 Å². The standard InChI is InChI=1S/C28H25Cl4N3O4/c1-15(2)35-24-10-8-18(30)13-25(24)39-14-23(28(35)38)34-27(37)22(11-16-5-3-4-6-20(16)31)33-26(36)19-9-7-17(29)12-21(19)32/h3-10,12-13,15,22-23H,11,14H2,1-2H3,(H,33,36)(H,34,37)/t22-,23-/m1/s1. The quantitative estimate of drug-likeness (QED) is 0.346. The van der Waals surface area contributed by atoms with Gasteiger partial charge in [-0.05, 0) is 55.8 Å². The predicted molar refractivity (Wildman–Crippen MR) is 154 cm³/mol. The maximum absolute atomic E-state index is 13.6.